The second-order valence-corrected chi connectivity index (χ2v) is 6.19. The third-order valence-electron chi connectivity index (χ3n) is 2.30. The highest BCUT2D eigenvalue weighted by atomic mass is 35.5. The van der Waals surface area contributed by atoms with Crippen LogP contribution in [0.25, 0.3) is 0 Å². The van der Waals surface area contributed by atoms with Gasteiger partial charge in [-0.25, -0.2) is 17.5 Å². The van der Waals surface area contributed by atoms with E-state index in [1.54, 1.807) is 6.92 Å². The molecule has 1 atom stereocenters. The van der Waals surface area contributed by atoms with Gasteiger partial charge in [0.25, 0.3) is 0 Å². The molecule has 0 aromatic heterocycles. The summed E-state index contributed by atoms with van der Waals surface area (Å²) in [7, 11) is -3.38. The van der Waals surface area contributed by atoms with E-state index >= 15 is 0 Å². The number of hydrogen-bond acceptors (Lipinski definition) is 3. The van der Waals surface area contributed by atoms with Crippen LogP contribution in [0.2, 0.25) is 5.02 Å². The van der Waals surface area contributed by atoms with Crippen LogP contribution >= 0.6 is 11.6 Å². The van der Waals surface area contributed by atoms with Crippen LogP contribution in [0.3, 0.4) is 0 Å². The van der Waals surface area contributed by atoms with Crippen molar-refractivity contribution in [2.75, 3.05) is 12.3 Å². The molecule has 0 aliphatic carbocycles. The largest absolute Gasteiger partial charge is 0.387 e. The molecule has 0 saturated carbocycles. The van der Waals surface area contributed by atoms with E-state index in [1.165, 1.54) is 12.1 Å². The van der Waals surface area contributed by atoms with Gasteiger partial charge in [-0.2, -0.15) is 0 Å². The van der Waals surface area contributed by atoms with Gasteiger partial charge in [-0.1, -0.05) is 24.6 Å². The zero-order valence-corrected chi connectivity index (χ0v) is 11.4. The highest BCUT2D eigenvalue weighted by molar-refractivity contribution is 7.89. The molecule has 0 fully saturated rings. The van der Waals surface area contributed by atoms with E-state index in [-0.39, 0.29) is 22.9 Å². The van der Waals surface area contributed by atoms with Gasteiger partial charge < -0.3 is 5.11 Å². The van der Waals surface area contributed by atoms with Gasteiger partial charge in [-0.3, -0.25) is 0 Å². The second-order valence-electron chi connectivity index (χ2n) is 3.86. The molecule has 0 aliphatic heterocycles. The summed E-state index contributed by atoms with van der Waals surface area (Å²) in [6.45, 7) is 1.55. The van der Waals surface area contributed by atoms with Crippen molar-refractivity contribution in [3.05, 3.63) is 34.6 Å². The fourth-order valence-corrected chi connectivity index (χ4v) is 2.60. The Morgan fingerprint density at radius 2 is 2.17 bits per heavy atom. The lowest BCUT2D eigenvalue weighted by Crippen LogP contribution is -2.30. The summed E-state index contributed by atoms with van der Waals surface area (Å²) in [5, 5.41) is 9.69. The van der Waals surface area contributed by atoms with Gasteiger partial charge in [-0.15, -0.1) is 0 Å². The minimum absolute atomic E-state index is 0.00526. The number of nitrogens with one attached hydrogen (secondary N) is 1. The molecule has 0 spiro atoms. The Kier molecular flexibility index (Phi) is 5.52. The first-order chi connectivity index (χ1) is 8.35. The summed E-state index contributed by atoms with van der Waals surface area (Å²) in [5.74, 6) is -0.654. The fourth-order valence-electron chi connectivity index (χ4n) is 1.38. The molecular weight excluding hydrogens is 281 g/mol. The lowest BCUT2D eigenvalue weighted by atomic mass is 10.1. The number of benzene rings is 1. The predicted molar refractivity (Wildman–Crippen MR) is 68.5 cm³/mol. The summed E-state index contributed by atoms with van der Waals surface area (Å²) in [6.07, 6.45) is -0.621. The average Bonchev–Trinajstić information content (AvgIpc) is 2.30. The second kappa shape index (κ2) is 6.47. The van der Waals surface area contributed by atoms with Crippen molar-refractivity contribution in [1.82, 2.24) is 4.72 Å². The fraction of sp³-hybridized carbons (Fsp3) is 0.455. The minimum atomic E-state index is -3.38. The third kappa shape index (κ3) is 4.53. The van der Waals surface area contributed by atoms with E-state index < -0.39 is 21.9 Å². The van der Waals surface area contributed by atoms with Crippen molar-refractivity contribution in [1.29, 1.82) is 0 Å². The maximum absolute atomic E-state index is 13.2. The zero-order valence-electron chi connectivity index (χ0n) is 9.86. The molecule has 0 saturated heterocycles. The lowest BCUT2D eigenvalue weighted by Gasteiger charge is -2.12. The predicted octanol–water partition coefficient (Wildman–Crippen LogP) is 1.84. The maximum Gasteiger partial charge on any atom is 0.211 e. The lowest BCUT2D eigenvalue weighted by molar-refractivity contribution is 0.181. The molecule has 0 amide bonds. The molecule has 7 heteroatoms. The number of rotatable bonds is 6. The van der Waals surface area contributed by atoms with Gasteiger partial charge in [0, 0.05) is 6.54 Å². The van der Waals surface area contributed by atoms with Crippen LogP contribution in [0.15, 0.2) is 18.2 Å². The summed E-state index contributed by atoms with van der Waals surface area (Å²) in [4.78, 5) is 0. The van der Waals surface area contributed by atoms with E-state index in [0.29, 0.717) is 6.42 Å². The maximum atomic E-state index is 13.2. The first-order valence-corrected chi connectivity index (χ1v) is 7.49. The Balaban J connectivity index is 2.65. The SMILES string of the molecule is CCCS(=O)(=O)NCC(O)c1ccc(Cl)c(F)c1. The van der Waals surface area contributed by atoms with Gasteiger partial charge >= 0.3 is 0 Å². The highest BCUT2D eigenvalue weighted by Crippen LogP contribution is 2.19. The molecule has 0 radical (unpaired) electrons. The van der Waals surface area contributed by atoms with Crippen LogP contribution in [0.4, 0.5) is 4.39 Å². The number of aliphatic hydroxyl groups excluding tert-OH is 1. The Morgan fingerprint density at radius 1 is 1.50 bits per heavy atom. The molecule has 1 unspecified atom stereocenters. The molecule has 1 aromatic carbocycles. The van der Waals surface area contributed by atoms with Gasteiger partial charge in [-0.05, 0) is 24.1 Å². The van der Waals surface area contributed by atoms with Crippen molar-refractivity contribution in [3.63, 3.8) is 0 Å². The molecule has 0 bridgehead atoms. The zero-order chi connectivity index (χ0) is 13.8. The van der Waals surface area contributed by atoms with Crippen molar-refractivity contribution in [3.8, 4) is 0 Å². The number of hydrogen-bond donors (Lipinski definition) is 2. The van der Waals surface area contributed by atoms with Gasteiger partial charge in [0.2, 0.25) is 10.0 Å². The van der Waals surface area contributed by atoms with Crippen LogP contribution < -0.4 is 4.72 Å². The number of halogens is 2. The molecule has 0 aliphatic rings. The van der Waals surface area contributed by atoms with Gasteiger partial charge in [0.1, 0.15) is 5.82 Å². The normalized spacial score (nSPS) is 13.6. The van der Waals surface area contributed by atoms with Crippen molar-refractivity contribution in [2.24, 2.45) is 0 Å². The average molecular weight is 296 g/mol. The van der Waals surface area contributed by atoms with Gasteiger partial charge in [0.05, 0.1) is 16.9 Å². The molecule has 2 N–H and O–H groups in total. The Bertz CT molecular complexity index is 507. The van der Waals surface area contributed by atoms with Crippen LogP contribution in [0.1, 0.15) is 25.0 Å². The summed E-state index contributed by atoms with van der Waals surface area (Å²) >= 11 is 5.51. The summed E-state index contributed by atoms with van der Waals surface area (Å²) < 4.78 is 38.2. The summed E-state index contributed by atoms with van der Waals surface area (Å²) in [5.41, 5.74) is 0.274. The highest BCUT2D eigenvalue weighted by Gasteiger charge is 2.14. The quantitative estimate of drug-likeness (QED) is 0.841. The smallest absolute Gasteiger partial charge is 0.211 e. The summed E-state index contributed by atoms with van der Waals surface area (Å²) in [6, 6.07) is 3.85. The molecule has 18 heavy (non-hydrogen) atoms. The van der Waals surface area contributed by atoms with Gasteiger partial charge in [0.15, 0.2) is 0 Å². The van der Waals surface area contributed by atoms with Crippen molar-refractivity contribution in [2.45, 2.75) is 19.4 Å². The van der Waals surface area contributed by atoms with E-state index in [0.717, 1.165) is 6.07 Å². The van der Waals surface area contributed by atoms with Crippen molar-refractivity contribution < 1.29 is 17.9 Å². The van der Waals surface area contributed by atoms with Crippen LogP contribution in [-0.2, 0) is 10.0 Å². The Labute approximate surface area is 111 Å². The van der Waals surface area contributed by atoms with E-state index in [1.807, 2.05) is 0 Å². The molecule has 1 rings (SSSR count). The minimum Gasteiger partial charge on any atom is -0.387 e. The molecular formula is C11H15ClFNO3S. The Hall–Kier alpha value is -0.690. The monoisotopic (exact) mass is 295 g/mol. The van der Waals surface area contributed by atoms with E-state index in [4.69, 9.17) is 11.6 Å². The Morgan fingerprint density at radius 3 is 2.72 bits per heavy atom. The third-order valence-corrected chi connectivity index (χ3v) is 4.16. The molecule has 4 nitrogen and oxygen atoms in total. The van der Waals surface area contributed by atoms with Crippen LogP contribution in [0.5, 0.6) is 0 Å². The molecule has 0 heterocycles. The van der Waals surface area contributed by atoms with E-state index in [2.05, 4.69) is 4.72 Å². The molecule has 1 aromatic rings. The first-order valence-electron chi connectivity index (χ1n) is 5.46. The number of aliphatic hydroxyl groups is 1. The topological polar surface area (TPSA) is 66.4 Å². The standard InChI is InChI=1S/C11H15ClFNO3S/c1-2-5-18(16,17)14-7-11(15)8-3-4-9(12)10(13)6-8/h3-4,6,11,14-15H,2,5,7H2,1H3. The number of sulfonamides is 1. The van der Waals surface area contributed by atoms with Crippen LogP contribution in [-0.4, -0.2) is 25.8 Å². The van der Waals surface area contributed by atoms with Crippen LogP contribution in [0, 0.1) is 5.82 Å². The molecule has 102 valence electrons. The van der Waals surface area contributed by atoms with E-state index in [9.17, 15) is 17.9 Å². The first kappa shape index (κ1) is 15.4. The van der Waals surface area contributed by atoms with Crippen molar-refractivity contribution >= 4 is 21.6 Å².